The molecule has 0 bridgehead atoms. The minimum Gasteiger partial charge on any atom is -0.497 e. The maximum absolute atomic E-state index is 4.99. The maximum atomic E-state index is 4.99. The Labute approximate surface area is 56.0 Å². The van der Waals surface area contributed by atoms with Crippen LogP contribution in [0.25, 0.3) is 0 Å². The van der Waals surface area contributed by atoms with Crippen molar-refractivity contribution in [1.29, 1.82) is 0 Å². The molecule has 1 aliphatic heterocycles. The Balaban J connectivity index is 2.58. The van der Waals surface area contributed by atoms with Crippen LogP contribution in [0.5, 0.6) is 0 Å². The first kappa shape index (κ1) is 6.40. The van der Waals surface area contributed by atoms with Crippen molar-refractivity contribution in [2.24, 2.45) is 5.92 Å². The van der Waals surface area contributed by atoms with Crippen LogP contribution in [0.2, 0.25) is 0 Å². The summed E-state index contributed by atoms with van der Waals surface area (Å²) in [5.41, 5.74) is 1.38. The van der Waals surface area contributed by atoms with Crippen LogP contribution in [0.1, 0.15) is 13.8 Å². The first-order valence-electron chi connectivity index (χ1n) is 3.29. The van der Waals surface area contributed by atoms with Gasteiger partial charge in [-0.25, -0.2) is 0 Å². The van der Waals surface area contributed by atoms with Crippen LogP contribution in [-0.2, 0) is 4.74 Å². The molecule has 0 unspecified atom stereocenters. The van der Waals surface area contributed by atoms with Crippen molar-refractivity contribution in [3.63, 3.8) is 0 Å². The molecule has 0 spiro atoms. The van der Waals surface area contributed by atoms with Gasteiger partial charge in [0.1, 0.15) is 6.61 Å². The second kappa shape index (κ2) is 2.72. The van der Waals surface area contributed by atoms with Gasteiger partial charge in [-0.15, -0.1) is 0 Å². The second-order valence-electron chi connectivity index (χ2n) is 2.49. The van der Waals surface area contributed by atoms with Crippen molar-refractivity contribution in [1.82, 2.24) is 0 Å². The second-order valence-corrected chi connectivity index (χ2v) is 2.49. The Kier molecular flexibility index (Phi) is 1.93. The molecular weight excluding hydrogens is 112 g/mol. The van der Waals surface area contributed by atoms with Gasteiger partial charge >= 0.3 is 0 Å². The molecule has 1 heteroatoms. The highest BCUT2D eigenvalue weighted by Gasteiger charge is 2.00. The summed E-state index contributed by atoms with van der Waals surface area (Å²) in [6.07, 6.45) is 5.90. The van der Waals surface area contributed by atoms with Crippen LogP contribution in [0.15, 0.2) is 24.0 Å². The van der Waals surface area contributed by atoms with E-state index in [9.17, 15) is 0 Å². The molecule has 0 fully saturated rings. The molecule has 1 rings (SSSR count). The standard InChI is InChI=1S/C8H12O/c1-7(2)8-3-5-9-6-4-8/h3-5,7H,6H2,1-2H3. The third-order valence-electron chi connectivity index (χ3n) is 1.44. The summed E-state index contributed by atoms with van der Waals surface area (Å²) in [6, 6.07) is 0. The molecule has 0 aromatic carbocycles. The summed E-state index contributed by atoms with van der Waals surface area (Å²) in [5.74, 6) is 0.630. The fourth-order valence-corrected chi connectivity index (χ4v) is 0.823. The lowest BCUT2D eigenvalue weighted by molar-refractivity contribution is 0.282. The zero-order chi connectivity index (χ0) is 6.69. The third-order valence-corrected chi connectivity index (χ3v) is 1.44. The van der Waals surface area contributed by atoms with E-state index in [2.05, 4.69) is 19.9 Å². The summed E-state index contributed by atoms with van der Waals surface area (Å²) in [4.78, 5) is 0. The van der Waals surface area contributed by atoms with E-state index in [1.54, 1.807) is 6.26 Å². The van der Waals surface area contributed by atoms with E-state index < -0.39 is 0 Å². The van der Waals surface area contributed by atoms with Crippen LogP contribution < -0.4 is 0 Å². The lowest BCUT2D eigenvalue weighted by Gasteiger charge is -2.10. The Hall–Kier alpha value is -0.720. The van der Waals surface area contributed by atoms with Crippen molar-refractivity contribution in [2.75, 3.05) is 6.61 Å². The van der Waals surface area contributed by atoms with E-state index in [-0.39, 0.29) is 0 Å². The van der Waals surface area contributed by atoms with Gasteiger partial charge in [0, 0.05) is 0 Å². The van der Waals surface area contributed by atoms with Crippen LogP contribution in [0.3, 0.4) is 0 Å². The van der Waals surface area contributed by atoms with Crippen LogP contribution in [0, 0.1) is 5.92 Å². The maximum Gasteiger partial charge on any atom is 0.106 e. The Bertz CT molecular complexity index is 143. The molecule has 0 atom stereocenters. The van der Waals surface area contributed by atoms with Crippen molar-refractivity contribution < 1.29 is 4.74 Å². The van der Waals surface area contributed by atoms with Crippen LogP contribution >= 0.6 is 0 Å². The highest BCUT2D eigenvalue weighted by atomic mass is 16.5. The highest BCUT2D eigenvalue weighted by molar-refractivity contribution is 5.21. The molecule has 0 saturated carbocycles. The van der Waals surface area contributed by atoms with Crippen LogP contribution in [0.4, 0.5) is 0 Å². The van der Waals surface area contributed by atoms with Gasteiger partial charge in [-0.1, -0.05) is 13.8 Å². The number of allylic oxidation sites excluding steroid dienone is 2. The van der Waals surface area contributed by atoms with Crippen molar-refractivity contribution in [3.8, 4) is 0 Å². The topological polar surface area (TPSA) is 9.23 Å². The molecular formula is C8H12O. The minimum atomic E-state index is 0.630. The predicted octanol–water partition coefficient (Wildman–Crippen LogP) is 2.11. The third kappa shape index (κ3) is 1.60. The van der Waals surface area contributed by atoms with Crippen molar-refractivity contribution in [3.05, 3.63) is 24.0 Å². The first-order valence-corrected chi connectivity index (χ1v) is 3.29. The largest absolute Gasteiger partial charge is 0.497 e. The summed E-state index contributed by atoms with van der Waals surface area (Å²) >= 11 is 0. The molecule has 1 aliphatic rings. The summed E-state index contributed by atoms with van der Waals surface area (Å²) in [6.45, 7) is 5.10. The smallest absolute Gasteiger partial charge is 0.106 e. The van der Waals surface area contributed by atoms with E-state index in [1.807, 2.05) is 6.08 Å². The Morgan fingerprint density at radius 1 is 1.56 bits per heavy atom. The van der Waals surface area contributed by atoms with Crippen molar-refractivity contribution in [2.45, 2.75) is 13.8 Å². The summed E-state index contributed by atoms with van der Waals surface area (Å²) < 4.78 is 4.99. The zero-order valence-electron chi connectivity index (χ0n) is 5.92. The summed E-state index contributed by atoms with van der Waals surface area (Å²) in [5, 5.41) is 0. The number of hydrogen-bond acceptors (Lipinski definition) is 1. The SMILES string of the molecule is CC(C)C1=CCOC=C1. The average molecular weight is 124 g/mol. The minimum absolute atomic E-state index is 0.630. The molecule has 50 valence electrons. The Morgan fingerprint density at radius 2 is 2.33 bits per heavy atom. The van der Waals surface area contributed by atoms with Gasteiger partial charge in [0.2, 0.25) is 0 Å². The van der Waals surface area contributed by atoms with Gasteiger partial charge in [0.25, 0.3) is 0 Å². The Morgan fingerprint density at radius 3 is 2.67 bits per heavy atom. The molecule has 1 nitrogen and oxygen atoms in total. The molecule has 0 saturated heterocycles. The van der Waals surface area contributed by atoms with E-state index >= 15 is 0 Å². The fraction of sp³-hybridized carbons (Fsp3) is 0.500. The molecule has 0 N–H and O–H groups in total. The van der Waals surface area contributed by atoms with Gasteiger partial charge in [-0.05, 0) is 23.6 Å². The van der Waals surface area contributed by atoms with E-state index in [1.165, 1.54) is 5.57 Å². The van der Waals surface area contributed by atoms with Gasteiger partial charge < -0.3 is 4.74 Å². The quantitative estimate of drug-likeness (QED) is 0.520. The van der Waals surface area contributed by atoms with Crippen LogP contribution in [-0.4, -0.2) is 6.61 Å². The number of rotatable bonds is 1. The van der Waals surface area contributed by atoms with E-state index in [4.69, 9.17) is 4.74 Å². The molecule has 1 heterocycles. The fourth-order valence-electron chi connectivity index (χ4n) is 0.823. The molecule has 0 aromatic heterocycles. The van der Waals surface area contributed by atoms with Crippen molar-refractivity contribution >= 4 is 0 Å². The van der Waals surface area contributed by atoms with E-state index in [0.717, 1.165) is 6.61 Å². The van der Waals surface area contributed by atoms with E-state index in [0.29, 0.717) is 5.92 Å². The summed E-state index contributed by atoms with van der Waals surface area (Å²) in [7, 11) is 0. The predicted molar refractivity (Wildman–Crippen MR) is 38.0 cm³/mol. The van der Waals surface area contributed by atoms with Gasteiger partial charge in [0.05, 0.1) is 6.26 Å². The lowest BCUT2D eigenvalue weighted by Crippen LogP contribution is -1.97. The van der Waals surface area contributed by atoms with Gasteiger partial charge in [0.15, 0.2) is 0 Å². The molecule has 0 amide bonds. The lowest BCUT2D eigenvalue weighted by atomic mass is 10.0. The zero-order valence-corrected chi connectivity index (χ0v) is 5.92. The highest BCUT2D eigenvalue weighted by Crippen LogP contribution is 2.13. The first-order chi connectivity index (χ1) is 4.30. The molecule has 9 heavy (non-hydrogen) atoms. The van der Waals surface area contributed by atoms with Gasteiger partial charge in [-0.2, -0.15) is 0 Å². The molecule has 0 radical (unpaired) electrons. The monoisotopic (exact) mass is 124 g/mol. The molecule has 0 aromatic rings. The number of hydrogen-bond donors (Lipinski definition) is 0. The normalized spacial score (nSPS) is 17.4. The number of ether oxygens (including phenoxy) is 1. The van der Waals surface area contributed by atoms with Gasteiger partial charge in [-0.3, -0.25) is 0 Å². The average Bonchev–Trinajstić information content (AvgIpc) is 1.90. The molecule has 0 aliphatic carbocycles.